The average Bonchev–Trinajstić information content (AvgIpc) is 2.56. The molecule has 1 atom stereocenters. The highest BCUT2D eigenvalue weighted by Crippen LogP contribution is 2.16. The molecule has 1 rings (SSSR count). The van der Waals surface area contributed by atoms with E-state index in [-0.39, 0.29) is 5.92 Å². The van der Waals surface area contributed by atoms with E-state index in [0.717, 1.165) is 19.3 Å². The summed E-state index contributed by atoms with van der Waals surface area (Å²) in [4.78, 5) is 34.9. The van der Waals surface area contributed by atoms with Crippen molar-refractivity contribution < 1.29 is 23.9 Å². The van der Waals surface area contributed by atoms with Gasteiger partial charge in [0.1, 0.15) is 5.75 Å². The molecule has 0 saturated heterocycles. The number of esters is 1. The molecule has 7 nitrogen and oxygen atoms in total. The van der Waals surface area contributed by atoms with Crippen molar-refractivity contribution in [1.82, 2.24) is 5.32 Å². The summed E-state index contributed by atoms with van der Waals surface area (Å²) in [6.45, 7) is 6.15. The van der Waals surface area contributed by atoms with Gasteiger partial charge in [-0.1, -0.05) is 33.6 Å². The fourth-order valence-corrected chi connectivity index (χ4v) is 2.10. The van der Waals surface area contributed by atoms with E-state index in [0.29, 0.717) is 17.9 Å². The van der Waals surface area contributed by atoms with Crippen LogP contribution in [0.5, 0.6) is 5.75 Å². The standard InChI is InChI=1S/C18H26N2O5/c1-4-5-6-11-24-14-9-7-13(8-10-14)17(22)25-15(12(2)3)16(21)20-18(19)23/h7-10,12,15H,4-6,11H2,1-3H3,(H3,19,20,21,23). The topological polar surface area (TPSA) is 108 Å². The van der Waals surface area contributed by atoms with Crippen LogP contribution in [0.25, 0.3) is 0 Å². The number of benzene rings is 1. The summed E-state index contributed by atoms with van der Waals surface area (Å²) in [5.74, 6) is -1.05. The number of imide groups is 1. The predicted molar refractivity (Wildman–Crippen MR) is 93.2 cm³/mol. The van der Waals surface area contributed by atoms with E-state index in [1.54, 1.807) is 38.1 Å². The van der Waals surface area contributed by atoms with Gasteiger partial charge in [0.15, 0.2) is 6.10 Å². The van der Waals surface area contributed by atoms with Crippen LogP contribution < -0.4 is 15.8 Å². The predicted octanol–water partition coefficient (Wildman–Crippen LogP) is 2.63. The molecule has 3 N–H and O–H groups in total. The molecule has 0 aromatic heterocycles. The number of ether oxygens (including phenoxy) is 2. The first-order valence-electron chi connectivity index (χ1n) is 8.39. The Morgan fingerprint density at radius 3 is 2.28 bits per heavy atom. The molecular formula is C18H26N2O5. The van der Waals surface area contributed by atoms with Gasteiger partial charge in [-0.3, -0.25) is 10.1 Å². The van der Waals surface area contributed by atoms with Gasteiger partial charge in [0, 0.05) is 0 Å². The second-order valence-corrected chi connectivity index (χ2v) is 6.00. The van der Waals surface area contributed by atoms with E-state index in [2.05, 4.69) is 6.92 Å². The van der Waals surface area contributed by atoms with Gasteiger partial charge < -0.3 is 15.2 Å². The van der Waals surface area contributed by atoms with Gasteiger partial charge in [0.2, 0.25) is 0 Å². The van der Waals surface area contributed by atoms with Crippen molar-refractivity contribution >= 4 is 17.9 Å². The van der Waals surface area contributed by atoms with E-state index in [4.69, 9.17) is 15.2 Å². The molecule has 3 amide bonds. The number of primary amides is 1. The van der Waals surface area contributed by atoms with Gasteiger partial charge in [-0.15, -0.1) is 0 Å². The van der Waals surface area contributed by atoms with Gasteiger partial charge in [0.05, 0.1) is 12.2 Å². The van der Waals surface area contributed by atoms with E-state index < -0.39 is 24.0 Å². The van der Waals surface area contributed by atoms with Crippen LogP contribution in [-0.2, 0) is 9.53 Å². The summed E-state index contributed by atoms with van der Waals surface area (Å²) in [5.41, 5.74) is 5.21. The van der Waals surface area contributed by atoms with Gasteiger partial charge in [-0.25, -0.2) is 9.59 Å². The summed E-state index contributed by atoms with van der Waals surface area (Å²) < 4.78 is 10.8. The number of nitrogens with one attached hydrogen (secondary N) is 1. The fourth-order valence-electron chi connectivity index (χ4n) is 2.10. The zero-order chi connectivity index (χ0) is 18.8. The minimum absolute atomic E-state index is 0.290. The van der Waals surface area contributed by atoms with E-state index >= 15 is 0 Å². The lowest BCUT2D eigenvalue weighted by atomic mass is 10.1. The maximum Gasteiger partial charge on any atom is 0.338 e. The second kappa shape index (κ2) is 10.3. The van der Waals surface area contributed by atoms with Crippen molar-refractivity contribution in [2.24, 2.45) is 11.7 Å². The van der Waals surface area contributed by atoms with Gasteiger partial charge >= 0.3 is 12.0 Å². The number of urea groups is 1. The molecule has 0 aliphatic rings. The van der Waals surface area contributed by atoms with Crippen molar-refractivity contribution in [2.75, 3.05) is 6.61 Å². The normalized spacial score (nSPS) is 11.7. The largest absolute Gasteiger partial charge is 0.494 e. The summed E-state index contributed by atoms with van der Waals surface area (Å²) >= 11 is 0. The maximum absolute atomic E-state index is 12.2. The average molecular weight is 350 g/mol. The minimum Gasteiger partial charge on any atom is -0.494 e. The lowest BCUT2D eigenvalue weighted by Crippen LogP contribution is -2.45. The second-order valence-electron chi connectivity index (χ2n) is 6.00. The Morgan fingerprint density at radius 2 is 1.76 bits per heavy atom. The number of carbonyl (C=O) groups is 3. The van der Waals surface area contributed by atoms with Crippen LogP contribution in [0.2, 0.25) is 0 Å². The first-order chi connectivity index (χ1) is 11.8. The zero-order valence-corrected chi connectivity index (χ0v) is 14.9. The third kappa shape index (κ3) is 7.24. The first kappa shape index (κ1) is 20.5. The number of rotatable bonds is 9. The Balaban J connectivity index is 2.65. The molecule has 0 radical (unpaired) electrons. The summed E-state index contributed by atoms with van der Waals surface area (Å²) in [5, 5.41) is 1.93. The van der Waals surface area contributed by atoms with Gasteiger partial charge in [0.25, 0.3) is 5.91 Å². The molecule has 0 fully saturated rings. The van der Waals surface area contributed by atoms with Gasteiger partial charge in [-0.05, 0) is 36.6 Å². The molecular weight excluding hydrogens is 324 g/mol. The molecule has 0 saturated carbocycles. The molecule has 0 aliphatic carbocycles. The summed E-state index contributed by atoms with van der Waals surface area (Å²) in [6.07, 6.45) is 2.10. The molecule has 0 bridgehead atoms. The molecule has 0 spiro atoms. The lowest BCUT2D eigenvalue weighted by Gasteiger charge is -2.19. The van der Waals surface area contributed by atoms with Crippen molar-refractivity contribution in [3.8, 4) is 5.75 Å². The van der Waals surface area contributed by atoms with Crippen LogP contribution in [-0.4, -0.2) is 30.6 Å². The van der Waals surface area contributed by atoms with Crippen LogP contribution in [0.4, 0.5) is 4.79 Å². The fraction of sp³-hybridized carbons (Fsp3) is 0.500. The van der Waals surface area contributed by atoms with Gasteiger partial charge in [-0.2, -0.15) is 0 Å². The maximum atomic E-state index is 12.2. The Hall–Kier alpha value is -2.57. The molecule has 7 heteroatoms. The Labute approximate surface area is 147 Å². The van der Waals surface area contributed by atoms with Crippen LogP contribution >= 0.6 is 0 Å². The number of hydrogen-bond acceptors (Lipinski definition) is 5. The Bertz CT molecular complexity index is 584. The third-order valence-corrected chi connectivity index (χ3v) is 3.45. The summed E-state index contributed by atoms with van der Waals surface area (Å²) in [6, 6.07) is 5.51. The highest BCUT2D eigenvalue weighted by Gasteiger charge is 2.27. The summed E-state index contributed by atoms with van der Waals surface area (Å²) in [7, 11) is 0. The number of unbranched alkanes of at least 4 members (excludes halogenated alkanes) is 2. The SMILES string of the molecule is CCCCCOc1ccc(C(=O)OC(C(=O)NC(N)=O)C(C)C)cc1. The number of carbonyl (C=O) groups excluding carboxylic acids is 3. The third-order valence-electron chi connectivity index (χ3n) is 3.45. The van der Waals surface area contributed by atoms with E-state index in [9.17, 15) is 14.4 Å². The number of nitrogens with two attached hydrogens (primary N) is 1. The molecule has 138 valence electrons. The molecule has 1 unspecified atom stereocenters. The van der Waals surface area contributed by atoms with Crippen LogP contribution in [0.3, 0.4) is 0 Å². The highest BCUT2D eigenvalue weighted by molar-refractivity contribution is 5.98. The monoisotopic (exact) mass is 350 g/mol. The highest BCUT2D eigenvalue weighted by atomic mass is 16.5. The van der Waals surface area contributed by atoms with Crippen LogP contribution in [0.1, 0.15) is 50.4 Å². The number of amides is 3. The molecule has 1 aromatic rings. The lowest BCUT2D eigenvalue weighted by molar-refractivity contribution is -0.130. The first-order valence-corrected chi connectivity index (χ1v) is 8.39. The Kier molecular flexibility index (Phi) is 8.46. The minimum atomic E-state index is -1.11. The van der Waals surface area contributed by atoms with E-state index in [1.165, 1.54) is 0 Å². The zero-order valence-electron chi connectivity index (χ0n) is 14.9. The van der Waals surface area contributed by atoms with Crippen LogP contribution in [0.15, 0.2) is 24.3 Å². The van der Waals surface area contributed by atoms with Crippen LogP contribution in [0, 0.1) is 5.92 Å². The molecule has 25 heavy (non-hydrogen) atoms. The van der Waals surface area contributed by atoms with E-state index in [1.807, 2.05) is 5.32 Å². The van der Waals surface area contributed by atoms with Crippen molar-refractivity contribution in [1.29, 1.82) is 0 Å². The molecule has 0 aliphatic heterocycles. The quantitative estimate of drug-likeness (QED) is 0.526. The van der Waals surface area contributed by atoms with Crippen molar-refractivity contribution in [3.63, 3.8) is 0 Å². The smallest absolute Gasteiger partial charge is 0.338 e. The Morgan fingerprint density at radius 1 is 1.12 bits per heavy atom. The number of hydrogen-bond donors (Lipinski definition) is 2. The molecule has 0 heterocycles. The molecule has 1 aromatic carbocycles. The van der Waals surface area contributed by atoms with Crippen molar-refractivity contribution in [3.05, 3.63) is 29.8 Å². The van der Waals surface area contributed by atoms with Crippen molar-refractivity contribution in [2.45, 2.75) is 46.1 Å².